The molecule has 3 heteroatoms. The van der Waals surface area contributed by atoms with Crippen LogP contribution in [0, 0.1) is 13.8 Å². The summed E-state index contributed by atoms with van der Waals surface area (Å²) in [6, 6.07) is 6.40. The lowest BCUT2D eigenvalue weighted by molar-refractivity contribution is -0.140. The van der Waals surface area contributed by atoms with Gasteiger partial charge in [0, 0.05) is 13.1 Å². The molecule has 1 saturated carbocycles. The molecule has 0 aliphatic heterocycles. The van der Waals surface area contributed by atoms with Gasteiger partial charge in [0.05, 0.1) is 0 Å². The van der Waals surface area contributed by atoms with Crippen molar-refractivity contribution in [3.05, 3.63) is 29.3 Å². The fraction of sp³-hybridized carbons (Fsp3) is 0.632. The van der Waals surface area contributed by atoms with Gasteiger partial charge in [-0.05, 0) is 50.3 Å². The summed E-state index contributed by atoms with van der Waals surface area (Å²) in [5, 5.41) is 0. The highest BCUT2D eigenvalue weighted by Gasteiger charge is 2.28. The van der Waals surface area contributed by atoms with Crippen molar-refractivity contribution in [3.63, 3.8) is 0 Å². The van der Waals surface area contributed by atoms with Crippen LogP contribution in [0.15, 0.2) is 18.2 Å². The molecule has 2 rings (SSSR count). The monoisotopic (exact) mass is 303 g/mol. The second kappa shape index (κ2) is 7.66. The van der Waals surface area contributed by atoms with E-state index < -0.39 is 0 Å². The first-order chi connectivity index (χ1) is 10.5. The van der Waals surface area contributed by atoms with Gasteiger partial charge in [-0.2, -0.15) is 0 Å². The van der Waals surface area contributed by atoms with Gasteiger partial charge >= 0.3 is 0 Å². The number of carbonyl (C=O) groups is 1. The van der Waals surface area contributed by atoms with Gasteiger partial charge in [-0.25, -0.2) is 0 Å². The summed E-state index contributed by atoms with van der Waals surface area (Å²) < 4.78 is 6.06. The molecule has 0 spiro atoms. The molecule has 0 radical (unpaired) electrons. The van der Waals surface area contributed by atoms with Crippen LogP contribution < -0.4 is 4.74 Å². The molecule has 1 aliphatic carbocycles. The van der Waals surface area contributed by atoms with Crippen LogP contribution >= 0.6 is 0 Å². The lowest BCUT2D eigenvalue weighted by Crippen LogP contribution is -2.45. The van der Waals surface area contributed by atoms with Gasteiger partial charge in [0.1, 0.15) is 5.75 Å². The third-order valence-electron chi connectivity index (χ3n) is 4.94. The molecule has 3 nitrogen and oxygen atoms in total. The Bertz CT molecular complexity index is 506. The third kappa shape index (κ3) is 3.82. The highest BCUT2D eigenvalue weighted by atomic mass is 16.5. The molecule has 1 fully saturated rings. The lowest BCUT2D eigenvalue weighted by atomic mass is 9.94. The Labute approximate surface area is 134 Å². The largest absolute Gasteiger partial charge is 0.480 e. The second-order valence-electron chi connectivity index (χ2n) is 6.45. The number of carbonyl (C=O) groups excluding carboxylic acids is 1. The molecule has 0 unspecified atom stereocenters. The van der Waals surface area contributed by atoms with Crippen LogP contribution in [0.2, 0.25) is 0 Å². The standard InChI is InChI=1S/C19H29NO2/c1-5-17(22-18-13-9-10-14(2)15(18)3)19(21)20(4)16-11-7-6-8-12-16/h9-10,13,16-17H,5-8,11-12H2,1-4H3/t17-/m0/s1. The number of rotatable bonds is 5. The minimum Gasteiger partial charge on any atom is -0.480 e. The molecule has 1 amide bonds. The molecular weight excluding hydrogens is 274 g/mol. The van der Waals surface area contributed by atoms with E-state index >= 15 is 0 Å². The highest BCUT2D eigenvalue weighted by molar-refractivity contribution is 5.81. The van der Waals surface area contributed by atoms with E-state index in [-0.39, 0.29) is 12.0 Å². The fourth-order valence-corrected chi connectivity index (χ4v) is 3.19. The Morgan fingerprint density at radius 2 is 1.95 bits per heavy atom. The zero-order valence-corrected chi connectivity index (χ0v) is 14.4. The van der Waals surface area contributed by atoms with Crippen molar-refractivity contribution in [2.75, 3.05) is 7.05 Å². The second-order valence-corrected chi connectivity index (χ2v) is 6.45. The van der Waals surface area contributed by atoms with Gasteiger partial charge in [0.15, 0.2) is 6.10 Å². The topological polar surface area (TPSA) is 29.5 Å². The van der Waals surface area contributed by atoms with Gasteiger partial charge < -0.3 is 9.64 Å². The van der Waals surface area contributed by atoms with Gasteiger partial charge in [-0.15, -0.1) is 0 Å². The normalized spacial score (nSPS) is 17.1. The summed E-state index contributed by atoms with van der Waals surface area (Å²) in [5.41, 5.74) is 2.31. The number of nitrogens with zero attached hydrogens (tertiary/aromatic N) is 1. The summed E-state index contributed by atoms with van der Waals surface area (Å²) in [7, 11) is 1.94. The van der Waals surface area contributed by atoms with Crippen LogP contribution in [0.3, 0.4) is 0 Å². The van der Waals surface area contributed by atoms with Crippen LogP contribution in [-0.4, -0.2) is 30.0 Å². The van der Waals surface area contributed by atoms with Crippen LogP contribution in [0.5, 0.6) is 5.75 Å². The van der Waals surface area contributed by atoms with Crippen molar-refractivity contribution in [2.45, 2.75) is 71.4 Å². The van der Waals surface area contributed by atoms with E-state index in [0.29, 0.717) is 12.5 Å². The minimum absolute atomic E-state index is 0.121. The van der Waals surface area contributed by atoms with E-state index in [4.69, 9.17) is 4.74 Å². The molecule has 0 bridgehead atoms. The summed E-state index contributed by atoms with van der Waals surface area (Å²) in [6.45, 7) is 6.13. The van der Waals surface area contributed by atoms with Crippen molar-refractivity contribution >= 4 is 5.91 Å². The maximum Gasteiger partial charge on any atom is 0.263 e. The molecule has 0 saturated heterocycles. The van der Waals surface area contributed by atoms with E-state index in [1.807, 2.05) is 37.9 Å². The SMILES string of the molecule is CC[C@H](Oc1cccc(C)c1C)C(=O)N(C)C1CCCCC1. The average molecular weight is 303 g/mol. The maximum absolute atomic E-state index is 12.8. The molecule has 0 heterocycles. The third-order valence-corrected chi connectivity index (χ3v) is 4.94. The van der Waals surface area contributed by atoms with Crippen LogP contribution in [-0.2, 0) is 4.79 Å². The first-order valence-corrected chi connectivity index (χ1v) is 8.54. The van der Waals surface area contributed by atoms with Crippen molar-refractivity contribution < 1.29 is 9.53 Å². The van der Waals surface area contributed by atoms with Crippen LogP contribution in [0.1, 0.15) is 56.6 Å². The van der Waals surface area contributed by atoms with Gasteiger partial charge in [-0.1, -0.05) is 38.3 Å². The number of benzene rings is 1. The Morgan fingerprint density at radius 1 is 1.27 bits per heavy atom. The molecule has 1 atom stereocenters. The quantitative estimate of drug-likeness (QED) is 0.813. The average Bonchev–Trinajstić information content (AvgIpc) is 2.55. The Morgan fingerprint density at radius 3 is 2.59 bits per heavy atom. The maximum atomic E-state index is 12.8. The molecule has 122 valence electrons. The van der Waals surface area contributed by atoms with Gasteiger partial charge in [0.25, 0.3) is 5.91 Å². The van der Waals surface area contributed by atoms with E-state index in [9.17, 15) is 4.79 Å². The smallest absolute Gasteiger partial charge is 0.263 e. The van der Waals surface area contributed by atoms with Crippen molar-refractivity contribution in [1.29, 1.82) is 0 Å². The molecule has 22 heavy (non-hydrogen) atoms. The first kappa shape index (κ1) is 16.9. The zero-order chi connectivity index (χ0) is 16.1. The summed E-state index contributed by atoms with van der Waals surface area (Å²) in [4.78, 5) is 14.7. The number of hydrogen-bond donors (Lipinski definition) is 0. The summed E-state index contributed by atoms with van der Waals surface area (Å²) in [6.07, 6.45) is 6.34. The Hall–Kier alpha value is -1.51. The van der Waals surface area contributed by atoms with Crippen LogP contribution in [0.4, 0.5) is 0 Å². The molecular formula is C19H29NO2. The number of amides is 1. The van der Waals surface area contributed by atoms with Crippen molar-refractivity contribution in [2.24, 2.45) is 0 Å². The lowest BCUT2D eigenvalue weighted by Gasteiger charge is -2.33. The number of hydrogen-bond acceptors (Lipinski definition) is 2. The van der Waals surface area contributed by atoms with E-state index in [0.717, 1.165) is 24.2 Å². The molecule has 1 aliphatic rings. The Balaban J connectivity index is 2.06. The molecule has 1 aromatic carbocycles. The first-order valence-electron chi connectivity index (χ1n) is 8.54. The molecule has 1 aromatic rings. The zero-order valence-electron chi connectivity index (χ0n) is 14.4. The van der Waals surface area contributed by atoms with Gasteiger partial charge in [-0.3, -0.25) is 4.79 Å². The van der Waals surface area contributed by atoms with Crippen molar-refractivity contribution in [1.82, 2.24) is 4.90 Å². The van der Waals surface area contributed by atoms with Crippen LogP contribution in [0.25, 0.3) is 0 Å². The van der Waals surface area contributed by atoms with Gasteiger partial charge in [0.2, 0.25) is 0 Å². The molecule has 0 N–H and O–H groups in total. The highest BCUT2D eigenvalue weighted by Crippen LogP contribution is 2.25. The summed E-state index contributed by atoms with van der Waals surface area (Å²) >= 11 is 0. The van der Waals surface area contributed by atoms with E-state index in [1.165, 1.54) is 24.8 Å². The predicted octanol–water partition coefficient (Wildman–Crippen LogP) is 4.25. The van der Waals surface area contributed by atoms with E-state index in [1.54, 1.807) is 0 Å². The fourth-order valence-electron chi connectivity index (χ4n) is 3.19. The number of ether oxygens (including phenoxy) is 1. The van der Waals surface area contributed by atoms with E-state index in [2.05, 4.69) is 13.0 Å². The predicted molar refractivity (Wildman–Crippen MR) is 90.3 cm³/mol. The number of aryl methyl sites for hydroxylation is 1. The minimum atomic E-state index is -0.382. The number of likely N-dealkylation sites (N-methyl/N-ethyl adjacent to an activating group) is 1. The van der Waals surface area contributed by atoms with Crippen molar-refractivity contribution in [3.8, 4) is 5.75 Å². The summed E-state index contributed by atoms with van der Waals surface area (Å²) in [5.74, 6) is 0.951. The molecule has 0 aromatic heterocycles. The Kier molecular flexibility index (Phi) is 5.87.